The van der Waals surface area contributed by atoms with Crippen LogP contribution in [0.3, 0.4) is 0 Å². The number of ether oxygens (including phenoxy) is 3. The average molecular weight is 515 g/mol. The van der Waals surface area contributed by atoms with Crippen LogP contribution in [0.4, 0.5) is 0 Å². The van der Waals surface area contributed by atoms with Crippen molar-refractivity contribution in [2.45, 2.75) is 32.6 Å². The van der Waals surface area contributed by atoms with Crippen molar-refractivity contribution in [1.82, 2.24) is 9.38 Å². The molecule has 0 N–H and O–H groups in total. The minimum atomic E-state index is -0.0685. The summed E-state index contributed by atoms with van der Waals surface area (Å²) in [6.45, 7) is 7.65. The number of imidazole rings is 1. The van der Waals surface area contributed by atoms with Crippen molar-refractivity contribution < 1.29 is 14.2 Å². The number of hydrogen-bond acceptors (Lipinski definition) is 6. The van der Waals surface area contributed by atoms with Gasteiger partial charge in [-0.3, -0.25) is 4.79 Å². The molecule has 190 valence electrons. The van der Waals surface area contributed by atoms with Crippen LogP contribution >= 0.6 is 11.3 Å². The van der Waals surface area contributed by atoms with Gasteiger partial charge in [0.15, 0.2) is 16.5 Å². The molecule has 5 rings (SSSR count). The fourth-order valence-electron chi connectivity index (χ4n) is 4.14. The van der Waals surface area contributed by atoms with Crippen molar-refractivity contribution in [2.75, 3.05) is 20.3 Å². The predicted molar refractivity (Wildman–Crippen MR) is 149 cm³/mol. The standard InChI is InChI=1S/C30H30N2O4S/c1-30(2,3)21-11-13-22(14-12-21)35-16-7-17-36-25-15-10-20(18-26(25)34-4)19-27-28(33)32-24-9-6-5-8-23(24)31-29(32)37-27/h5-6,8-15,18-19H,7,16-17H2,1-4H3/b27-19-. The minimum Gasteiger partial charge on any atom is -0.493 e. The van der Waals surface area contributed by atoms with Gasteiger partial charge in [0.05, 0.1) is 35.9 Å². The SMILES string of the molecule is COc1cc(/C=c2\sc3nc4ccccc4n3c2=O)ccc1OCCCOc1ccc(C(C)(C)C)cc1. The number of methoxy groups -OCH3 is 1. The number of aromatic nitrogens is 2. The molecule has 2 aromatic heterocycles. The first kappa shape index (κ1) is 24.8. The van der Waals surface area contributed by atoms with Gasteiger partial charge < -0.3 is 14.2 Å². The van der Waals surface area contributed by atoms with Crippen molar-refractivity contribution >= 4 is 33.4 Å². The first-order chi connectivity index (χ1) is 17.8. The number of rotatable bonds is 8. The molecule has 0 aliphatic rings. The summed E-state index contributed by atoms with van der Waals surface area (Å²) in [6.07, 6.45) is 2.60. The number of thiazole rings is 1. The molecule has 0 fully saturated rings. The summed E-state index contributed by atoms with van der Waals surface area (Å²) in [5.41, 5.74) is 3.85. The van der Waals surface area contributed by atoms with E-state index in [0.717, 1.165) is 28.8 Å². The van der Waals surface area contributed by atoms with Crippen molar-refractivity contribution in [1.29, 1.82) is 0 Å². The van der Waals surface area contributed by atoms with Crippen LogP contribution in [0.1, 0.15) is 38.3 Å². The van der Waals surface area contributed by atoms with Gasteiger partial charge in [-0.2, -0.15) is 0 Å². The Morgan fingerprint density at radius 2 is 1.70 bits per heavy atom. The third-order valence-corrected chi connectivity index (χ3v) is 7.13. The highest BCUT2D eigenvalue weighted by Gasteiger charge is 2.13. The van der Waals surface area contributed by atoms with E-state index in [4.69, 9.17) is 14.2 Å². The summed E-state index contributed by atoms with van der Waals surface area (Å²) in [4.78, 5) is 18.3. The summed E-state index contributed by atoms with van der Waals surface area (Å²) in [7, 11) is 1.61. The number of nitrogens with zero attached hydrogens (tertiary/aromatic N) is 2. The summed E-state index contributed by atoms with van der Waals surface area (Å²) in [5.74, 6) is 2.13. The molecule has 6 nitrogen and oxygen atoms in total. The zero-order valence-electron chi connectivity index (χ0n) is 21.5. The van der Waals surface area contributed by atoms with E-state index in [-0.39, 0.29) is 11.0 Å². The van der Waals surface area contributed by atoms with Gasteiger partial charge in [0.1, 0.15) is 5.75 Å². The molecule has 0 bridgehead atoms. The van der Waals surface area contributed by atoms with Gasteiger partial charge in [-0.1, -0.05) is 62.4 Å². The van der Waals surface area contributed by atoms with Crippen molar-refractivity contribution in [3.8, 4) is 17.2 Å². The molecule has 2 heterocycles. The van der Waals surface area contributed by atoms with Gasteiger partial charge in [-0.25, -0.2) is 9.38 Å². The van der Waals surface area contributed by atoms with Crippen LogP contribution in [-0.4, -0.2) is 29.7 Å². The predicted octanol–water partition coefficient (Wildman–Crippen LogP) is 5.61. The number of para-hydroxylation sites is 2. The maximum Gasteiger partial charge on any atom is 0.274 e. The molecule has 0 amide bonds. The highest BCUT2D eigenvalue weighted by molar-refractivity contribution is 7.15. The lowest BCUT2D eigenvalue weighted by Crippen LogP contribution is -2.22. The molecule has 0 unspecified atom stereocenters. The smallest absolute Gasteiger partial charge is 0.274 e. The van der Waals surface area contributed by atoms with Gasteiger partial charge in [-0.05, 0) is 59.0 Å². The van der Waals surface area contributed by atoms with Crippen molar-refractivity contribution in [3.05, 3.63) is 92.7 Å². The Hall–Kier alpha value is -3.84. The maximum atomic E-state index is 13.0. The molecule has 0 radical (unpaired) electrons. The second kappa shape index (κ2) is 10.3. The molecular formula is C30H30N2O4S. The average Bonchev–Trinajstić information content (AvgIpc) is 3.40. The zero-order chi connectivity index (χ0) is 26.0. The van der Waals surface area contributed by atoms with Gasteiger partial charge in [0.25, 0.3) is 5.56 Å². The Bertz CT molecular complexity index is 1650. The molecule has 3 aromatic carbocycles. The molecule has 0 aliphatic heterocycles. The van der Waals surface area contributed by atoms with Crippen LogP contribution in [-0.2, 0) is 5.41 Å². The van der Waals surface area contributed by atoms with Gasteiger partial charge in [0, 0.05) is 6.42 Å². The lowest BCUT2D eigenvalue weighted by Gasteiger charge is -2.19. The van der Waals surface area contributed by atoms with Crippen LogP contribution in [0, 0.1) is 0 Å². The molecule has 0 atom stereocenters. The Morgan fingerprint density at radius 3 is 2.46 bits per heavy atom. The van der Waals surface area contributed by atoms with E-state index in [1.165, 1.54) is 16.9 Å². The van der Waals surface area contributed by atoms with Crippen LogP contribution in [0.25, 0.3) is 22.1 Å². The normalized spacial score (nSPS) is 12.4. The van der Waals surface area contributed by atoms with Crippen LogP contribution in [0.15, 0.2) is 71.5 Å². The molecule has 0 saturated heterocycles. The molecule has 0 saturated carbocycles. The highest BCUT2D eigenvalue weighted by atomic mass is 32.1. The fourth-order valence-corrected chi connectivity index (χ4v) is 5.13. The number of fused-ring (bicyclic) bond motifs is 3. The molecule has 0 aliphatic carbocycles. The van der Waals surface area contributed by atoms with E-state index in [9.17, 15) is 4.79 Å². The molecule has 5 aromatic rings. The molecular weight excluding hydrogens is 484 g/mol. The quantitative estimate of drug-likeness (QED) is 0.252. The zero-order valence-corrected chi connectivity index (χ0v) is 22.3. The Balaban J connectivity index is 1.22. The fraction of sp³-hybridized carbons (Fsp3) is 0.267. The Morgan fingerprint density at radius 1 is 0.946 bits per heavy atom. The second-order valence-corrected chi connectivity index (χ2v) is 10.9. The summed E-state index contributed by atoms with van der Waals surface area (Å²) >= 11 is 1.38. The Labute approximate surface area is 219 Å². The molecule has 0 spiro atoms. The third-order valence-electron chi connectivity index (χ3n) is 6.17. The summed E-state index contributed by atoms with van der Waals surface area (Å²) in [6, 6.07) is 21.6. The summed E-state index contributed by atoms with van der Waals surface area (Å²) < 4.78 is 19.7. The van der Waals surface area contributed by atoms with Crippen LogP contribution < -0.4 is 24.3 Å². The molecule has 7 heteroatoms. The maximum absolute atomic E-state index is 13.0. The third kappa shape index (κ3) is 5.32. The first-order valence-electron chi connectivity index (χ1n) is 12.3. The topological polar surface area (TPSA) is 62.1 Å². The van der Waals surface area contributed by atoms with E-state index >= 15 is 0 Å². The number of benzene rings is 3. The largest absolute Gasteiger partial charge is 0.493 e. The van der Waals surface area contributed by atoms with E-state index in [1.807, 2.05) is 60.7 Å². The van der Waals surface area contributed by atoms with E-state index in [0.29, 0.717) is 34.2 Å². The summed E-state index contributed by atoms with van der Waals surface area (Å²) in [5, 5.41) is 0. The monoisotopic (exact) mass is 514 g/mol. The van der Waals surface area contributed by atoms with Crippen molar-refractivity contribution in [3.63, 3.8) is 0 Å². The van der Waals surface area contributed by atoms with Gasteiger partial charge in [-0.15, -0.1) is 0 Å². The van der Waals surface area contributed by atoms with Crippen molar-refractivity contribution in [2.24, 2.45) is 0 Å². The molecule has 37 heavy (non-hydrogen) atoms. The number of hydrogen-bond donors (Lipinski definition) is 0. The lowest BCUT2D eigenvalue weighted by molar-refractivity contribution is 0.240. The van der Waals surface area contributed by atoms with Crippen LogP contribution in [0.5, 0.6) is 17.2 Å². The minimum absolute atomic E-state index is 0.0685. The van der Waals surface area contributed by atoms with Gasteiger partial charge >= 0.3 is 0 Å². The van der Waals surface area contributed by atoms with Gasteiger partial charge in [0.2, 0.25) is 0 Å². The van der Waals surface area contributed by atoms with E-state index in [1.54, 1.807) is 11.5 Å². The Kier molecular flexibility index (Phi) is 6.89. The second-order valence-electron chi connectivity index (χ2n) is 9.87. The first-order valence-corrected chi connectivity index (χ1v) is 13.1. The lowest BCUT2D eigenvalue weighted by atomic mass is 9.87. The van der Waals surface area contributed by atoms with Crippen LogP contribution in [0.2, 0.25) is 0 Å². The highest BCUT2D eigenvalue weighted by Crippen LogP contribution is 2.29. The van der Waals surface area contributed by atoms with E-state index < -0.39 is 0 Å². The van der Waals surface area contributed by atoms with E-state index in [2.05, 4.69) is 37.9 Å².